The highest BCUT2D eigenvalue weighted by Gasteiger charge is 2.20. The molecule has 0 bridgehead atoms. The predicted octanol–water partition coefficient (Wildman–Crippen LogP) is 2.26. The monoisotopic (exact) mass is 260 g/mol. The Labute approximate surface area is 112 Å². The van der Waals surface area contributed by atoms with E-state index in [1.54, 1.807) is 0 Å². The van der Waals surface area contributed by atoms with Gasteiger partial charge in [0.25, 0.3) is 0 Å². The number of nitrogens with two attached hydrogens (primary N) is 1. The van der Waals surface area contributed by atoms with E-state index in [2.05, 4.69) is 17.2 Å². The fourth-order valence-electron chi connectivity index (χ4n) is 2.04. The van der Waals surface area contributed by atoms with Crippen LogP contribution in [0.15, 0.2) is 18.2 Å². The second-order valence-corrected chi connectivity index (χ2v) is 4.75. The summed E-state index contributed by atoms with van der Waals surface area (Å²) in [5.41, 5.74) is 6.32. The summed E-state index contributed by atoms with van der Waals surface area (Å²) in [6.45, 7) is 0.200. The van der Waals surface area contributed by atoms with E-state index in [1.165, 1.54) is 24.6 Å². The third kappa shape index (κ3) is 3.80. The maximum absolute atomic E-state index is 13.2. The Morgan fingerprint density at radius 1 is 1.47 bits per heavy atom. The van der Waals surface area contributed by atoms with Gasteiger partial charge in [-0.2, -0.15) is 0 Å². The zero-order valence-corrected chi connectivity index (χ0v) is 10.7. The molecule has 1 saturated carbocycles. The summed E-state index contributed by atoms with van der Waals surface area (Å²) in [6.07, 6.45) is 3.98. The van der Waals surface area contributed by atoms with Gasteiger partial charge < -0.3 is 11.1 Å². The first-order chi connectivity index (χ1) is 9.19. The molecule has 0 aliphatic heterocycles. The number of carbonyl (C=O) groups is 1. The number of hydrogen-bond donors (Lipinski definition) is 2. The molecule has 3 N–H and O–H groups in total. The summed E-state index contributed by atoms with van der Waals surface area (Å²) in [5, 5.41) is 2.80. The molecule has 0 radical (unpaired) electrons. The molecule has 1 fully saturated rings. The van der Waals surface area contributed by atoms with Crippen molar-refractivity contribution in [3.05, 3.63) is 29.6 Å². The van der Waals surface area contributed by atoms with Crippen LogP contribution in [0.3, 0.4) is 0 Å². The number of halogens is 1. The number of amides is 1. The molecular weight excluding hydrogens is 243 g/mol. The standard InChI is InChI=1S/C15H17FN2O/c16-13-6-7-14(12(10-13)5-2-8-17)18-15(19)9-11-3-1-4-11/h6-7,10-11H,1,3-4,8-9,17H2,(H,18,19). The van der Waals surface area contributed by atoms with Gasteiger partial charge in [0.1, 0.15) is 5.82 Å². The van der Waals surface area contributed by atoms with E-state index in [9.17, 15) is 9.18 Å². The van der Waals surface area contributed by atoms with E-state index < -0.39 is 0 Å². The molecule has 0 spiro atoms. The largest absolute Gasteiger partial charge is 0.325 e. The van der Waals surface area contributed by atoms with E-state index >= 15 is 0 Å². The molecule has 4 heteroatoms. The van der Waals surface area contributed by atoms with Crippen molar-refractivity contribution in [2.24, 2.45) is 11.7 Å². The second kappa shape index (κ2) is 6.35. The molecule has 0 aromatic heterocycles. The van der Waals surface area contributed by atoms with Crippen LogP contribution < -0.4 is 11.1 Å². The molecule has 1 amide bonds. The van der Waals surface area contributed by atoms with Crippen LogP contribution in [0, 0.1) is 23.6 Å². The Hall–Kier alpha value is -1.86. The smallest absolute Gasteiger partial charge is 0.224 e. The zero-order chi connectivity index (χ0) is 13.7. The number of carbonyl (C=O) groups excluding carboxylic acids is 1. The molecule has 1 aromatic rings. The summed E-state index contributed by atoms with van der Waals surface area (Å²) in [7, 11) is 0. The third-order valence-corrected chi connectivity index (χ3v) is 3.28. The van der Waals surface area contributed by atoms with Gasteiger partial charge in [-0.25, -0.2) is 4.39 Å². The molecule has 2 rings (SSSR count). The van der Waals surface area contributed by atoms with Gasteiger partial charge in [0.05, 0.1) is 17.8 Å². The summed E-state index contributed by atoms with van der Waals surface area (Å²) in [5.74, 6) is 5.53. The lowest BCUT2D eigenvalue weighted by molar-refractivity contribution is -0.117. The first-order valence-corrected chi connectivity index (χ1v) is 6.47. The van der Waals surface area contributed by atoms with Crippen LogP contribution >= 0.6 is 0 Å². The molecule has 0 atom stereocenters. The molecule has 3 nitrogen and oxygen atoms in total. The lowest BCUT2D eigenvalue weighted by Gasteiger charge is -2.24. The fraction of sp³-hybridized carbons (Fsp3) is 0.400. The van der Waals surface area contributed by atoms with Gasteiger partial charge in [-0.15, -0.1) is 0 Å². The van der Waals surface area contributed by atoms with Crippen molar-refractivity contribution in [3.63, 3.8) is 0 Å². The summed E-state index contributed by atoms with van der Waals surface area (Å²) in [6, 6.07) is 4.16. The Kier molecular flexibility index (Phi) is 4.53. The molecule has 0 unspecified atom stereocenters. The van der Waals surface area contributed by atoms with Crippen molar-refractivity contribution >= 4 is 11.6 Å². The molecular formula is C15H17FN2O. The number of benzene rings is 1. The van der Waals surface area contributed by atoms with Crippen molar-refractivity contribution in [2.45, 2.75) is 25.7 Å². The Morgan fingerprint density at radius 2 is 2.26 bits per heavy atom. The Balaban J connectivity index is 2.07. The van der Waals surface area contributed by atoms with Crippen LogP contribution in [0.25, 0.3) is 0 Å². The molecule has 1 aliphatic rings. The Bertz CT molecular complexity index is 527. The molecule has 0 heterocycles. The van der Waals surface area contributed by atoms with E-state index in [4.69, 9.17) is 5.73 Å². The van der Waals surface area contributed by atoms with Gasteiger partial charge in [0.2, 0.25) is 5.91 Å². The molecule has 0 saturated heterocycles. The van der Waals surface area contributed by atoms with Crippen molar-refractivity contribution in [2.75, 3.05) is 11.9 Å². The van der Waals surface area contributed by atoms with Crippen LogP contribution in [-0.2, 0) is 4.79 Å². The van der Waals surface area contributed by atoms with Crippen LogP contribution in [0.4, 0.5) is 10.1 Å². The maximum atomic E-state index is 13.2. The lowest BCUT2D eigenvalue weighted by atomic mass is 9.83. The SMILES string of the molecule is NCC#Cc1cc(F)ccc1NC(=O)CC1CCC1. The molecule has 19 heavy (non-hydrogen) atoms. The first kappa shape index (κ1) is 13.6. The normalized spacial score (nSPS) is 14.2. The highest BCUT2D eigenvalue weighted by Crippen LogP contribution is 2.29. The number of hydrogen-bond acceptors (Lipinski definition) is 2. The van der Waals surface area contributed by atoms with Crippen LogP contribution in [0.5, 0.6) is 0 Å². The zero-order valence-electron chi connectivity index (χ0n) is 10.7. The minimum absolute atomic E-state index is 0.0351. The molecule has 1 aliphatic carbocycles. The van der Waals surface area contributed by atoms with Crippen molar-refractivity contribution in [1.29, 1.82) is 0 Å². The average Bonchev–Trinajstić information content (AvgIpc) is 2.34. The van der Waals surface area contributed by atoms with E-state index in [-0.39, 0.29) is 18.3 Å². The summed E-state index contributed by atoms with van der Waals surface area (Å²) >= 11 is 0. The van der Waals surface area contributed by atoms with Gasteiger partial charge in [-0.3, -0.25) is 4.79 Å². The van der Waals surface area contributed by atoms with Crippen molar-refractivity contribution < 1.29 is 9.18 Å². The first-order valence-electron chi connectivity index (χ1n) is 6.47. The van der Waals surface area contributed by atoms with E-state index in [1.807, 2.05) is 0 Å². The summed E-state index contributed by atoms with van der Waals surface area (Å²) in [4.78, 5) is 11.8. The quantitative estimate of drug-likeness (QED) is 0.819. The van der Waals surface area contributed by atoms with Gasteiger partial charge in [-0.05, 0) is 37.0 Å². The van der Waals surface area contributed by atoms with Gasteiger partial charge in [-0.1, -0.05) is 18.3 Å². The third-order valence-electron chi connectivity index (χ3n) is 3.28. The van der Waals surface area contributed by atoms with Gasteiger partial charge in [0.15, 0.2) is 0 Å². The molecule has 1 aromatic carbocycles. The fourth-order valence-corrected chi connectivity index (χ4v) is 2.04. The van der Waals surface area contributed by atoms with Crippen LogP contribution in [0.2, 0.25) is 0 Å². The van der Waals surface area contributed by atoms with E-state index in [0.29, 0.717) is 23.6 Å². The average molecular weight is 260 g/mol. The number of rotatable bonds is 3. The van der Waals surface area contributed by atoms with E-state index in [0.717, 1.165) is 12.8 Å². The van der Waals surface area contributed by atoms with Crippen molar-refractivity contribution in [1.82, 2.24) is 0 Å². The number of nitrogens with one attached hydrogen (secondary N) is 1. The second-order valence-electron chi connectivity index (χ2n) is 4.75. The molecule has 100 valence electrons. The van der Waals surface area contributed by atoms with Crippen molar-refractivity contribution in [3.8, 4) is 11.8 Å². The topological polar surface area (TPSA) is 55.1 Å². The number of anilines is 1. The van der Waals surface area contributed by atoms with Gasteiger partial charge in [0, 0.05) is 6.42 Å². The minimum Gasteiger partial charge on any atom is -0.325 e. The summed E-state index contributed by atoms with van der Waals surface area (Å²) < 4.78 is 13.2. The predicted molar refractivity (Wildman–Crippen MR) is 72.9 cm³/mol. The Morgan fingerprint density at radius 3 is 2.89 bits per heavy atom. The van der Waals surface area contributed by atoms with Crippen LogP contribution in [0.1, 0.15) is 31.2 Å². The van der Waals surface area contributed by atoms with Crippen LogP contribution in [-0.4, -0.2) is 12.5 Å². The highest BCUT2D eigenvalue weighted by atomic mass is 19.1. The highest BCUT2D eigenvalue weighted by molar-refractivity contribution is 5.92. The maximum Gasteiger partial charge on any atom is 0.224 e. The lowest BCUT2D eigenvalue weighted by Crippen LogP contribution is -2.21. The minimum atomic E-state index is -0.377. The van der Waals surface area contributed by atoms with Gasteiger partial charge >= 0.3 is 0 Å².